The standard InChI is InChI=1S/C10H21NO/c1-11(2)8-9-6-4-3-5-7-10(9)12/h9-10,12H,3-8H2,1-2H3. The van der Waals surface area contributed by atoms with Crippen LogP contribution in [0.15, 0.2) is 0 Å². The fraction of sp³-hybridized carbons (Fsp3) is 1.00. The van der Waals surface area contributed by atoms with Gasteiger partial charge >= 0.3 is 0 Å². The average Bonchev–Trinajstić information content (AvgIpc) is 2.16. The lowest BCUT2D eigenvalue weighted by atomic mass is 9.97. The predicted molar refractivity (Wildman–Crippen MR) is 51.1 cm³/mol. The van der Waals surface area contributed by atoms with Crippen LogP contribution in [0, 0.1) is 5.92 Å². The monoisotopic (exact) mass is 171 g/mol. The first-order valence-corrected chi connectivity index (χ1v) is 5.03. The van der Waals surface area contributed by atoms with Gasteiger partial charge in [0.1, 0.15) is 0 Å². The Kier molecular flexibility index (Phi) is 4.02. The summed E-state index contributed by atoms with van der Waals surface area (Å²) < 4.78 is 0. The molecule has 0 aromatic rings. The van der Waals surface area contributed by atoms with Crippen LogP contribution in [0.1, 0.15) is 32.1 Å². The second-order valence-corrected chi connectivity index (χ2v) is 4.23. The van der Waals surface area contributed by atoms with Gasteiger partial charge in [0.2, 0.25) is 0 Å². The molecule has 1 aliphatic rings. The molecule has 0 bridgehead atoms. The minimum absolute atomic E-state index is 0.0464. The molecule has 0 radical (unpaired) electrons. The average molecular weight is 171 g/mol. The zero-order valence-electron chi connectivity index (χ0n) is 8.29. The SMILES string of the molecule is CN(C)CC1CCCCCC1O. The molecular weight excluding hydrogens is 150 g/mol. The molecule has 0 aromatic carbocycles. The fourth-order valence-corrected chi connectivity index (χ4v) is 2.05. The highest BCUT2D eigenvalue weighted by molar-refractivity contribution is 4.74. The number of hydrogen-bond donors (Lipinski definition) is 1. The predicted octanol–water partition coefficient (Wildman–Crippen LogP) is 1.49. The Morgan fingerprint density at radius 2 is 1.83 bits per heavy atom. The van der Waals surface area contributed by atoms with Gasteiger partial charge in [0.15, 0.2) is 0 Å². The van der Waals surface area contributed by atoms with Crippen LogP contribution in [0.2, 0.25) is 0 Å². The number of aliphatic hydroxyl groups is 1. The third-order valence-electron chi connectivity index (χ3n) is 2.72. The van der Waals surface area contributed by atoms with Crippen LogP contribution in [0.4, 0.5) is 0 Å². The maximum atomic E-state index is 9.77. The highest BCUT2D eigenvalue weighted by atomic mass is 16.3. The van der Waals surface area contributed by atoms with E-state index in [0.717, 1.165) is 13.0 Å². The van der Waals surface area contributed by atoms with Gasteiger partial charge in [0.25, 0.3) is 0 Å². The second kappa shape index (κ2) is 4.83. The van der Waals surface area contributed by atoms with Crippen LogP contribution in [-0.2, 0) is 0 Å². The van der Waals surface area contributed by atoms with Gasteiger partial charge in [0.05, 0.1) is 6.10 Å². The van der Waals surface area contributed by atoms with Gasteiger partial charge in [-0.1, -0.05) is 19.3 Å². The van der Waals surface area contributed by atoms with Gasteiger partial charge in [-0.2, -0.15) is 0 Å². The first-order valence-electron chi connectivity index (χ1n) is 5.03. The van der Waals surface area contributed by atoms with Crippen LogP contribution in [0.3, 0.4) is 0 Å². The maximum absolute atomic E-state index is 9.77. The molecule has 2 heteroatoms. The van der Waals surface area contributed by atoms with Crippen molar-refractivity contribution in [1.29, 1.82) is 0 Å². The van der Waals surface area contributed by atoms with E-state index < -0.39 is 0 Å². The van der Waals surface area contributed by atoms with E-state index in [1.807, 2.05) is 0 Å². The van der Waals surface area contributed by atoms with Crippen LogP contribution in [0.5, 0.6) is 0 Å². The normalized spacial score (nSPS) is 32.0. The minimum Gasteiger partial charge on any atom is -0.393 e. The van der Waals surface area contributed by atoms with Crippen molar-refractivity contribution in [3.05, 3.63) is 0 Å². The quantitative estimate of drug-likeness (QED) is 0.636. The van der Waals surface area contributed by atoms with Gasteiger partial charge in [-0.15, -0.1) is 0 Å². The number of rotatable bonds is 2. The Morgan fingerprint density at radius 3 is 2.50 bits per heavy atom. The molecule has 1 aliphatic carbocycles. The summed E-state index contributed by atoms with van der Waals surface area (Å²) in [7, 11) is 4.16. The molecule has 0 spiro atoms. The Labute approximate surface area is 75.6 Å². The van der Waals surface area contributed by atoms with E-state index in [1.54, 1.807) is 0 Å². The molecule has 0 aliphatic heterocycles. The molecule has 0 amide bonds. The van der Waals surface area contributed by atoms with Crippen molar-refractivity contribution in [2.45, 2.75) is 38.2 Å². The molecule has 0 aromatic heterocycles. The van der Waals surface area contributed by atoms with Crippen molar-refractivity contribution in [1.82, 2.24) is 4.90 Å². The molecule has 0 heterocycles. The lowest BCUT2D eigenvalue weighted by Gasteiger charge is -2.23. The van der Waals surface area contributed by atoms with Crippen LogP contribution in [-0.4, -0.2) is 36.8 Å². The molecule has 12 heavy (non-hydrogen) atoms. The summed E-state index contributed by atoms with van der Waals surface area (Å²) in [5, 5.41) is 9.77. The lowest BCUT2D eigenvalue weighted by molar-refractivity contribution is 0.0844. The van der Waals surface area contributed by atoms with E-state index in [9.17, 15) is 5.11 Å². The van der Waals surface area contributed by atoms with Crippen LogP contribution < -0.4 is 0 Å². The van der Waals surface area contributed by atoms with E-state index in [2.05, 4.69) is 19.0 Å². The summed E-state index contributed by atoms with van der Waals surface area (Å²) in [6.45, 7) is 1.04. The van der Waals surface area contributed by atoms with Crippen LogP contribution in [0.25, 0.3) is 0 Å². The third kappa shape index (κ3) is 3.11. The summed E-state index contributed by atoms with van der Waals surface area (Å²) in [6.07, 6.45) is 5.99. The zero-order valence-corrected chi connectivity index (χ0v) is 8.29. The number of hydrogen-bond acceptors (Lipinski definition) is 2. The van der Waals surface area contributed by atoms with Crippen molar-refractivity contribution in [2.75, 3.05) is 20.6 Å². The van der Waals surface area contributed by atoms with Crippen molar-refractivity contribution in [3.8, 4) is 0 Å². The first-order chi connectivity index (χ1) is 5.70. The van der Waals surface area contributed by atoms with Crippen LogP contribution >= 0.6 is 0 Å². The van der Waals surface area contributed by atoms with E-state index in [1.165, 1.54) is 25.7 Å². The summed E-state index contributed by atoms with van der Waals surface area (Å²) >= 11 is 0. The smallest absolute Gasteiger partial charge is 0.0580 e. The molecule has 0 saturated heterocycles. The number of nitrogens with zero attached hydrogens (tertiary/aromatic N) is 1. The minimum atomic E-state index is -0.0464. The lowest BCUT2D eigenvalue weighted by Crippen LogP contribution is -2.30. The third-order valence-corrected chi connectivity index (χ3v) is 2.72. The topological polar surface area (TPSA) is 23.5 Å². The van der Waals surface area contributed by atoms with E-state index in [-0.39, 0.29) is 6.10 Å². The summed E-state index contributed by atoms with van der Waals surface area (Å²) in [5.74, 6) is 0.516. The summed E-state index contributed by atoms with van der Waals surface area (Å²) in [6, 6.07) is 0. The van der Waals surface area contributed by atoms with Gasteiger partial charge < -0.3 is 10.0 Å². The summed E-state index contributed by atoms with van der Waals surface area (Å²) in [4.78, 5) is 2.18. The molecule has 1 rings (SSSR count). The molecule has 1 fully saturated rings. The molecule has 2 unspecified atom stereocenters. The Morgan fingerprint density at radius 1 is 1.17 bits per heavy atom. The molecule has 2 atom stereocenters. The number of aliphatic hydroxyl groups excluding tert-OH is 1. The largest absolute Gasteiger partial charge is 0.393 e. The van der Waals surface area contributed by atoms with Gasteiger partial charge in [-0.05, 0) is 32.9 Å². The van der Waals surface area contributed by atoms with Gasteiger partial charge in [0, 0.05) is 6.54 Å². The van der Waals surface area contributed by atoms with E-state index >= 15 is 0 Å². The van der Waals surface area contributed by atoms with Gasteiger partial charge in [-0.3, -0.25) is 0 Å². The molecule has 1 N–H and O–H groups in total. The van der Waals surface area contributed by atoms with Crippen molar-refractivity contribution < 1.29 is 5.11 Å². The first kappa shape index (κ1) is 10.0. The second-order valence-electron chi connectivity index (χ2n) is 4.23. The van der Waals surface area contributed by atoms with Crippen molar-refractivity contribution in [3.63, 3.8) is 0 Å². The summed E-state index contributed by atoms with van der Waals surface area (Å²) in [5.41, 5.74) is 0. The molecular formula is C10H21NO. The molecule has 2 nitrogen and oxygen atoms in total. The highest BCUT2D eigenvalue weighted by Gasteiger charge is 2.21. The van der Waals surface area contributed by atoms with E-state index in [0.29, 0.717) is 5.92 Å². The fourth-order valence-electron chi connectivity index (χ4n) is 2.05. The molecule has 1 saturated carbocycles. The molecule has 72 valence electrons. The van der Waals surface area contributed by atoms with Crippen molar-refractivity contribution >= 4 is 0 Å². The zero-order chi connectivity index (χ0) is 8.97. The van der Waals surface area contributed by atoms with Crippen molar-refractivity contribution in [2.24, 2.45) is 5.92 Å². The Bertz CT molecular complexity index is 125. The Balaban J connectivity index is 2.36. The highest BCUT2D eigenvalue weighted by Crippen LogP contribution is 2.23. The maximum Gasteiger partial charge on any atom is 0.0580 e. The van der Waals surface area contributed by atoms with Gasteiger partial charge in [-0.25, -0.2) is 0 Å². The van der Waals surface area contributed by atoms with E-state index in [4.69, 9.17) is 0 Å². The Hall–Kier alpha value is -0.0800.